The highest BCUT2D eigenvalue weighted by atomic mass is 32.1. The molecule has 0 spiro atoms. The Hall–Kier alpha value is -2.62. The van der Waals surface area contributed by atoms with Crippen LogP contribution in [0.3, 0.4) is 0 Å². The van der Waals surface area contributed by atoms with Crippen molar-refractivity contribution < 1.29 is 13.9 Å². The van der Waals surface area contributed by atoms with Gasteiger partial charge in [0.25, 0.3) is 5.91 Å². The van der Waals surface area contributed by atoms with Crippen molar-refractivity contribution in [2.24, 2.45) is 0 Å². The molecule has 1 fully saturated rings. The Balaban J connectivity index is 1.44. The number of halogens is 1. The third kappa shape index (κ3) is 4.11. The maximum absolute atomic E-state index is 13.7. The number of aromatic nitrogens is 1. The van der Waals surface area contributed by atoms with Gasteiger partial charge in [0, 0.05) is 18.8 Å². The Labute approximate surface area is 170 Å². The zero-order valence-electron chi connectivity index (χ0n) is 14.8. The fourth-order valence-corrected chi connectivity index (χ4v) is 4.09. The molecule has 2 N–H and O–H groups in total. The van der Waals surface area contributed by atoms with Gasteiger partial charge in [-0.25, -0.2) is 9.37 Å². The van der Waals surface area contributed by atoms with Gasteiger partial charge in [-0.1, -0.05) is 23.5 Å². The molecule has 1 saturated heterocycles. The monoisotopic (exact) mass is 416 g/mol. The van der Waals surface area contributed by atoms with E-state index in [9.17, 15) is 9.18 Å². The highest BCUT2D eigenvalue weighted by Gasteiger charge is 2.15. The number of thiazole rings is 1. The molecule has 3 aromatic rings. The number of amides is 1. The predicted octanol–water partition coefficient (Wildman–Crippen LogP) is 3.40. The first-order valence-electron chi connectivity index (χ1n) is 8.70. The quantitative estimate of drug-likeness (QED) is 0.638. The van der Waals surface area contributed by atoms with E-state index in [1.807, 2.05) is 12.1 Å². The number of benzene rings is 2. The first-order valence-corrected chi connectivity index (χ1v) is 9.93. The molecule has 1 aliphatic heterocycles. The number of hydrogen-bond donors (Lipinski definition) is 2. The summed E-state index contributed by atoms with van der Waals surface area (Å²) in [4.78, 5) is 18.9. The van der Waals surface area contributed by atoms with Crippen LogP contribution >= 0.6 is 23.6 Å². The summed E-state index contributed by atoms with van der Waals surface area (Å²) in [5, 5.41) is 6.01. The number of fused-ring (bicyclic) bond motifs is 1. The summed E-state index contributed by atoms with van der Waals surface area (Å²) in [6.07, 6.45) is 0. The van der Waals surface area contributed by atoms with Crippen molar-refractivity contribution in [2.45, 2.75) is 0 Å². The highest BCUT2D eigenvalue weighted by molar-refractivity contribution is 7.80. The van der Waals surface area contributed by atoms with Gasteiger partial charge >= 0.3 is 0 Å². The summed E-state index contributed by atoms with van der Waals surface area (Å²) in [7, 11) is 0. The average Bonchev–Trinajstić information content (AvgIpc) is 3.10. The van der Waals surface area contributed by atoms with Crippen molar-refractivity contribution >= 4 is 55.6 Å². The number of thiocarbonyl (C=S) groups is 1. The lowest BCUT2D eigenvalue weighted by Gasteiger charge is -2.28. The molecule has 2 heterocycles. The first kappa shape index (κ1) is 18.7. The SMILES string of the molecule is O=C(NC(=S)Nc1nc2ccc(N3CCOCC3)cc2s1)c1ccccc1F. The van der Waals surface area contributed by atoms with E-state index < -0.39 is 11.7 Å². The number of rotatable bonds is 3. The molecule has 0 aliphatic carbocycles. The third-order valence-electron chi connectivity index (χ3n) is 4.31. The lowest BCUT2D eigenvalue weighted by Crippen LogP contribution is -2.36. The zero-order chi connectivity index (χ0) is 19.5. The van der Waals surface area contributed by atoms with Crippen molar-refractivity contribution in [3.8, 4) is 0 Å². The second kappa shape index (κ2) is 8.17. The van der Waals surface area contributed by atoms with Gasteiger partial charge in [0.1, 0.15) is 5.82 Å². The topological polar surface area (TPSA) is 66.5 Å². The molecule has 4 rings (SSSR count). The van der Waals surface area contributed by atoms with E-state index in [4.69, 9.17) is 17.0 Å². The number of morpholine rings is 1. The van der Waals surface area contributed by atoms with Crippen LogP contribution in [-0.2, 0) is 4.74 Å². The largest absolute Gasteiger partial charge is 0.378 e. The molecule has 0 atom stereocenters. The van der Waals surface area contributed by atoms with E-state index in [1.165, 1.54) is 29.5 Å². The predicted molar refractivity (Wildman–Crippen MR) is 113 cm³/mol. The number of anilines is 2. The Kier molecular flexibility index (Phi) is 5.47. The molecule has 0 saturated carbocycles. The number of hydrogen-bond acceptors (Lipinski definition) is 6. The molecule has 9 heteroatoms. The Morgan fingerprint density at radius 3 is 2.79 bits per heavy atom. The van der Waals surface area contributed by atoms with Crippen LogP contribution in [0.4, 0.5) is 15.2 Å². The van der Waals surface area contributed by atoms with Gasteiger partial charge in [0.2, 0.25) is 0 Å². The minimum atomic E-state index is -0.605. The summed E-state index contributed by atoms with van der Waals surface area (Å²) in [5.74, 6) is -1.20. The van der Waals surface area contributed by atoms with Crippen molar-refractivity contribution in [3.05, 3.63) is 53.8 Å². The van der Waals surface area contributed by atoms with Crippen LogP contribution in [0.25, 0.3) is 10.2 Å². The number of carbonyl (C=O) groups excluding carboxylic acids is 1. The molecule has 6 nitrogen and oxygen atoms in total. The normalized spacial score (nSPS) is 14.1. The van der Waals surface area contributed by atoms with Gasteiger partial charge in [0.05, 0.1) is 29.0 Å². The Morgan fingerprint density at radius 1 is 1.21 bits per heavy atom. The van der Waals surface area contributed by atoms with Gasteiger partial charge in [-0.2, -0.15) is 0 Å². The molecule has 0 unspecified atom stereocenters. The van der Waals surface area contributed by atoms with Crippen LogP contribution in [0.2, 0.25) is 0 Å². The number of nitrogens with one attached hydrogen (secondary N) is 2. The fraction of sp³-hybridized carbons (Fsp3) is 0.211. The van der Waals surface area contributed by atoms with E-state index >= 15 is 0 Å². The average molecular weight is 417 g/mol. The smallest absolute Gasteiger partial charge is 0.260 e. The van der Waals surface area contributed by atoms with Crippen LogP contribution in [-0.4, -0.2) is 42.3 Å². The second-order valence-electron chi connectivity index (χ2n) is 6.16. The standard InChI is InChI=1S/C19H17FN4O2S2/c20-14-4-2-1-3-13(14)17(25)22-18(27)23-19-21-15-6-5-12(11-16(15)28-19)24-7-9-26-10-8-24/h1-6,11H,7-10H2,(H2,21,22,23,25,27). The van der Waals surface area contributed by atoms with E-state index in [-0.39, 0.29) is 10.7 Å². The van der Waals surface area contributed by atoms with E-state index in [0.29, 0.717) is 5.13 Å². The second-order valence-corrected chi connectivity index (χ2v) is 7.60. The van der Waals surface area contributed by atoms with E-state index in [0.717, 1.165) is 42.2 Å². The number of nitrogens with zero attached hydrogens (tertiary/aromatic N) is 2. The van der Waals surface area contributed by atoms with Crippen LogP contribution in [0.15, 0.2) is 42.5 Å². The van der Waals surface area contributed by atoms with Gasteiger partial charge in [-0.05, 0) is 42.5 Å². The minimum Gasteiger partial charge on any atom is -0.378 e. The van der Waals surface area contributed by atoms with Crippen LogP contribution in [0.1, 0.15) is 10.4 Å². The maximum atomic E-state index is 13.7. The number of ether oxygens (including phenoxy) is 1. The maximum Gasteiger partial charge on any atom is 0.260 e. The summed E-state index contributed by atoms with van der Waals surface area (Å²) in [6.45, 7) is 3.18. The highest BCUT2D eigenvalue weighted by Crippen LogP contribution is 2.30. The summed E-state index contributed by atoms with van der Waals surface area (Å²) in [5.41, 5.74) is 1.90. The molecule has 144 valence electrons. The summed E-state index contributed by atoms with van der Waals surface area (Å²) in [6, 6.07) is 11.8. The Morgan fingerprint density at radius 2 is 2.00 bits per heavy atom. The summed E-state index contributed by atoms with van der Waals surface area (Å²) < 4.78 is 20.1. The lowest BCUT2D eigenvalue weighted by atomic mass is 10.2. The molecule has 2 aromatic carbocycles. The molecule has 1 aromatic heterocycles. The van der Waals surface area contributed by atoms with Crippen LogP contribution < -0.4 is 15.5 Å². The molecule has 1 amide bonds. The van der Waals surface area contributed by atoms with Crippen LogP contribution in [0.5, 0.6) is 0 Å². The van der Waals surface area contributed by atoms with E-state index in [1.54, 1.807) is 6.07 Å². The van der Waals surface area contributed by atoms with Crippen molar-refractivity contribution in [1.29, 1.82) is 0 Å². The van der Waals surface area contributed by atoms with Crippen LogP contribution in [0, 0.1) is 5.82 Å². The molecule has 0 bridgehead atoms. The van der Waals surface area contributed by atoms with Gasteiger partial charge in [-0.3, -0.25) is 10.1 Å². The van der Waals surface area contributed by atoms with Gasteiger partial charge < -0.3 is 15.0 Å². The van der Waals surface area contributed by atoms with Crippen molar-refractivity contribution in [3.63, 3.8) is 0 Å². The fourth-order valence-electron chi connectivity index (χ4n) is 2.93. The third-order valence-corrected chi connectivity index (χ3v) is 5.45. The van der Waals surface area contributed by atoms with Crippen molar-refractivity contribution in [2.75, 3.05) is 36.5 Å². The number of carbonyl (C=O) groups is 1. The molecule has 1 aliphatic rings. The summed E-state index contributed by atoms with van der Waals surface area (Å²) >= 11 is 6.60. The van der Waals surface area contributed by atoms with E-state index in [2.05, 4.69) is 26.6 Å². The minimum absolute atomic E-state index is 0.0638. The van der Waals surface area contributed by atoms with Gasteiger partial charge in [0.15, 0.2) is 10.2 Å². The lowest BCUT2D eigenvalue weighted by molar-refractivity contribution is 0.0974. The Bertz CT molecular complexity index is 1030. The van der Waals surface area contributed by atoms with Crippen molar-refractivity contribution in [1.82, 2.24) is 10.3 Å². The molecule has 28 heavy (non-hydrogen) atoms. The van der Waals surface area contributed by atoms with Gasteiger partial charge in [-0.15, -0.1) is 0 Å². The first-order chi connectivity index (χ1) is 13.6. The molecule has 0 radical (unpaired) electrons. The molecular weight excluding hydrogens is 399 g/mol. The molecular formula is C19H17FN4O2S2. The zero-order valence-corrected chi connectivity index (χ0v) is 16.4.